The van der Waals surface area contributed by atoms with Crippen LogP contribution in [-0.2, 0) is 10.0 Å². The lowest BCUT2D eigenvalue weighted by atomic mass is 10.1. The third kappa shape index (κ3) is 3.58. The van der Waals surface area contributed by atoms with Crippen molar-refractivity contribution >= 4 is 10.0 Å². The van der Waals surface area contributed by atoms with E-state index in [2.05, 4.69) is 4.72 Å². The number of aryl methyl sites for hydroxylation is 4. The normalized spacial score (nSPS) is 13.3. The minimum Gasteiger partial charge on any atom is -0.464 e. The van der Waals surface area contributed by atoms with Gasteiger partial charge in [0.1, 0.15) is 17.6 Å². The number of hydrogen-bond acceptors (Lipinski definition) is 4. The van der Waals surface area contributed by atoms with Crippen molar-refractivity contribution in [2.75, 3.05) is 6.54 Å². The van der Waals surface area contributed by atoms with Crippen LogP contribution >= 0.6 is 0 Å². The Kier molecular flexibility index (Phi) is 4.75. The second kappa shape index (κ2) is 6.24. The molecule has 0 spiro atoms. The van der Waals surface area contributed by atoms with E-state index in [1.807, 2.05) is 19.1 Å². The molecule has 0 radical (unpaired) electrons. The average Bonchev–Trinajstić information content (AvgIpc) is 2.81. The van der Waals surface area contributed by atoms with E-state index in [1.165, 1.54) is 0 Å². The Morgan fingerprint density at radius 3 is 2.23 bits per heavy atom. The fourth-order valence-electron chi connectivity index (χ4n) is 2.58. The molecule has 1 aromatic carbocycles. The molecule has 1 atom stereocenters. The van der Waals surface area contributed by atoms with Crippen molar-refractivity contribution in [3.8, 4) is 0 Å². The number of aliphatic hydroxyl groups excluding tert-OH is 1. The molecule has 0 saturated carbocycles. The molecular weight excluding hydrogens is 302 g/mol. The summed E-state index contributed by atoms with van der Waals surface area (Å²) in [5.41, 5.74) is 2.39. The van der Waals surface area contributed by atoms with E-state index in [0.717, 1.165) is 5.56 Å². The molecule has 120 valence electrons. The molecule has 0 bridgehead atoms. The molecule has 1 aromatic heterocycles. The molecule has 0 aliphatic heterocycles. The third-order valence-corrected chi connectivity index (χ3v) is 5.16. The Morgan fingerprint density at radius 2 is 1.73 bits per heavy atom. The van der Waals surface area contributed by atoms with Crippen LogP contribution in [0.5, 0.6) is 0 Å². The minimum absolute atomic E-state index is 0.137. The Balaban J connectivity index is 2.18. The van der Waals surface area contributed by atoms with Gasteiger partial charge in [0.15, 0.2) is 0 Å². The molecule has 22 heavy (non-hydrogen) atoms. The van der Waals surface area contributed by atoms with E-state index in [-0.39, 0.29) is 11.4 Å². The van der Waals surface area contributed by atoms with Crippen molar-refractivity contribution in [2.45, 2.75) is 38.7 Å². The topological polar surface area (TPSA) is 79.5 Å². The molecule has 6 heteroatoms. The van der Waals surface area contributed by atoms with E-state index in [9.17, 15) is 13.5 Å². The number of furan rings is 1. The van der Waals surface area contributed by atoms with Crippen LogP contribution in [0.15, 0.2) is 33.6 Å². The second-order valence-corrected chi connectivity index (χ2v) is 7.25. The first kappa shape index (κ1) is 16.7. The summed E-state index contributed by atoms with van der Waals surface area (Å²) in [5.74, 6) is 1.01. The monoisotopic (exact) mass is 323 g/mol. The number of benzene rings is 1. The first-order valence-corrected chi connectivity index (χ1v) is 8.51. The molecule has 0 saturated heterocycles. The van der Waals surface area contributed by atoms with Gasteiger partial charge in [-0.2, -0.15) is 0 Å². The van der Waals surface area contributed by atoms with Gasteiger partial charge in [-0.05, 0) is 51.0 Å². The zero-order valence-corrected chi connectivity index (χ0v) is 14.0. The van der Waals surface area contributed by atoms with Crippen LogP contribution in [0, 0.1) is 27.7 Å². The third-order valence-electron chi connectivity index (χ3n) is 3.43. The number of nitrogens with one attached hydrogen (secondary N) is 1. The molecule has 2 rings (SSSR count). The quantitative estimate of drug-likeness (QED) is 0.886. The predicted octanol–water partition coefficient (Wildman–Crippen LogP) is 2.53. The van der Waals surface area contributed by atoms with Gasteiger partial charge in [0, 0.05) is 6.54 Å². The second-order valence-electron chi connectivity index (χ2n) is 5.54. The highest BCUT2D eigenvalue weighted by atomic mass is 32.2. The number of rotatable bonds is 5. The van der Waals surface area contributed by atoms with E-state index in [1.54, 1.807) is 32.9 Å². The van der Waals surface area contributed by atoms with Crippen molar-refractivity contribution in [3.05, 3.63) is 52.5 Å². The van der Waals surface area contributed by atoms with Gasteiger partial charge in [0.25, 0.3) is 0 Å². The van der Waals surface area contributed by atoms with Gasteiger partial charge in [-0.1, -0.05) is 17.7 Å². The molecule has 0 fully saturated rings. The SMILES string of the molecule is Cc1cc(C)c(S(=O)(=O)NCC(O)c2ccc(C)o2)c(C)c1. The summed E-state index contributed by atoms with van der Waals surface area (Å²) >= 11 is 0. The Morgan fingerprint density at radius 1 is 1.14 bits per heavy atom. The molecule has 0 amide bonds. The summed E-state index contributed by atoms with van der Waals surface area (Å²) in [7, 11) is -3.69. The van der Waals surface area contributed by atoms with Crippen molar-refractivity contribution in [1.29, 1.82) is 0 Å². The van der Waals surface area contributed by atoms with Crippen LogP contribution < -0.4 is 4.72 Å². The van der Waals surface area contributed by atoms with Crippen molar-refractivity contribution in [3.63, 3.8) is 0 Å². The number of aliphatic hydroxyl groups is 1. The maximum Gasteiger partial charge on any atom is 0.241 e. The smallest absolute Gasteiger partial charge is 0.241 e. The largest absolute Gasteiger partial charge is 0.464 e. The molecule has 2 N–H and O–H groups in total. The standard InChI is InChI=1S/C16H21NO4S/c1-10-7-11(2)16(12(3)8-10)22(19,20)17-9-14(18)15-6-5-13(4)21-15/h5-8,14,17-18H,9H2,1-4H3. The maximum atomic E-state index is 12.5. The van der Waals surface area contributed by atoms with Crippen LogP contribution in [0.25, 0.3) is 0 Å². The lowest BCUT2D eigenvalue weighted by Crippen LogP contribution is -2.29. The molecule has 1 unspecified atom stereocenters. The van der Waals surface area contributed by atoms with Crippen LogP contribution in [0.2, 0.25) is 0 Å². The summed E-state index contributed by atoms with van der Waals surface area (Å²) in [6, 6.07) is 7.01. The number of hydrogen-bond donors (Lipinski definition) is 2. The van der Waals surface area contributed by atoms with Gasteiger partial charge in [-0.15, -0.1) is 0 Å². The Bertz CT molecular complexity index is 754. The van der Waals surface area contributed by atoms with E-state index in [0.29, 0.717) is 22.6 Å². The summed E-state index contributed by atoms with van der Waals surface area (Å²) in [4.78, 5) is 0.265. The molecule has 0 aliphatic carbocycles. The average molecular weight is 323 g/mol. The fraction of sp³-hybridized carbons (Fsp3) is 0.375. The van der Waals surface area contributed by atoms with Gasteiger partial charge in [-0.3, -0.25) is 0 Å². The van der Waals surface area contributed by atoms with Gasteiger partial charge in [-0.25, -0.2) is 13.1 Å². The van der Waals surface area contributed by atoms with Gasteiger partial charge in [0.2, 0.25) is 10.0 Å². The van der Waals surface area contributed by atoms with E-state index < -0.39 is 16.1 Å². The van der Waals surface area contributed by atoms with Crippen LogP contribution in [-0.4, -0.2) is 20.1 Å². The van der Waals surface area contributed by atoms with Gasteiger partial charge in [0.05, 0.1) is 4.90 Å². The maximum absolute atomic E-state index is 12.5. The molecular formula is C16H21NO4S. The lowest BCUT2D eigenvalue weighted by Gasteiger charge is -2.14. The Hall–Kier alpha value is -1.63. The van der Waals surface area contributed by atoms with E-state index >= 15 is 0 Å². The van der Waals surface area contributed by atoms with Gasteiger partial charge < -0.3 is 9.52 Å². The first-order valence-electron chi connectivity index (χ1n) is 7.02. The molecule has 5 nitrogen and oxygen atoms in total. The lowest BCUT2D eigenvalue weighted by molar-refractivity contribution is 0.152. The number of sulfonamides is 1. The minimum atomic E-state index is -3.69. The van der Waals surface area contributed by atoms with Crippen molar-refractivity contribution in [2.24, 2.45) is 0 Å². The first-order chi connectivity index (χ1) is 10.2. The van der Waals surface area contributed by atoms with Gasteiger partial charge >= 0.3 is 0 Å². The summed E-state index contributed by atoms with van der Waals surface area (Å²) in [6.45, 7) is 7.08. The highest BCUT2D eigenvalue weighted by Crippen LogP contribution is 2.22. The summed E-state index contributed by atoms with van der Waals surface area (Å²) in [6.07, 6.45) is -1.02. The van der Waals surface area contributed by atoms with Crippen molar-refractivity contribution in [1.82, 2.24) is 4.72 Å². The van der Waals surface area contributed by atoms with E-state index in [4.69, 9.17) is 4.42 Å². The Labute approximate surface area is 131 Å². The fourth-order valence-corrected chi connectivity index (χ4v) is 4.07. The summed E-state index contributed by atoms with van der Waals surface area (Å²) in [5, 5.41) is 10.0. The highest BCUT2D eigenvalue weighted by Gasteiger charge is 2.22. The molecule has 2 aromatic rings. The van der Waals surface area contributed by atoms with Crippen LogP contribution in [0.3, 0.4) is 0 Å². The van der Waals surface area contributed by atoms with Crippen LogP contribution in [0.1, 0.15) is 34.3 Å². The summed E-state index contributed by atoms with van der Waals surface area (Å²) < 4.78 is 32.7. The zero-order chi connectivity index (χ0) is 16.5. The highest BCUT2D eigenvalue weighted by molar-refractivity contribution is 7.89. The zero-order valence-electron chi connectivity index (χ0n) is 13.2. The van der Waals surface area contributed by atoms with Crippen molar-refractivity contribution < 1.29 is 17.9 Å². The predicted molar refractivity (Wildman–Crippen MR) is 84.2 cm³/mol. The molecule has 0 aliphatic rings. The van der Waals surface area contributed by atoms with Crippen LogP contribution in [0.4, 0.5) is 0 Å². The molecule has 1 heterocycles.